The van der Waals surface area contributed by atoms with E-state index < -0.39 is 0 Å². The maximum atomic E-state index is 12.5. The molecule has 0 saturated carbocycles. The summed E-state index contributed by atoms with van der Waals surface area (Å²) in [6, 6.07) is 19.7. The Balaban J connectivity index is 1.61. The first kappa shape index (κ1) is 16.4. The molecule has 4 heteroatoms. The van der Waals surface area contributed by atoms with Crippen molar-refractivity contribution in [3.05, 3.63) is 82.0 Å². The normalized spacial score (nSPS) is 10.5. The lowest BCUT2D eigenvalue weighted by atomic mass is 10.1. The summed E-state index contributed by atoms with van der Waals surface area (Å²) in [5.74, 6) is -0.0316. The van der Waals surface area contributed by atoms with Crippen LogP contribution in [0.3, 0.4) is 0 Å². The SMILES string of the molecule is O=C(NCCc1ccc(CO)cc1)c1sccc1-c1ccccc1. The Bertz CT molecular complexity index is 794. The number of nitrogens with one attached hydrogen (secondary N) is 1. The van der Waals surface area contributed by atoms with Gasteiger partial charge in [-0.05, 0) is 34.6 Å². The summed E-state index contributed by atoms with van der Waals surface area (Å²) in [6.45, 7) is 0.640. The van der Waals surface area contributed by atoms with Crippen LogP contribution in [-0.4, -0.2) is 17.6 Å². The third-order valence-electron chi connectivity index (χ3n) is 3.86. The van der Waals surface area contributed by atoms with Gasteiger partial charge < -0.3 is 10.4 Å². The first-order valence-electron chi connectivity index (χ1n) is 7.87. The summed E-state index contributed by atoms with van der Waals surface area (Å²) < 4.78 is 0. The zero-order valence-electron chi connectivity index (χ0n) is 13.2. The quantitative estimate of drug-likeness (QED) is 0.717. The standard InChI is InChI=1S/C20H19NO2S/c22-14-16-8-6-15(7-9-16)10-12-21-20(23)19-18(11-13-24-19)17-4-2-1-3-5-17/h1-9,11,13,22H,10,12,14H2,(H,21,23). The third kappa shape index (κ3) is 3.91. The van der Waals surface area contributed by atoms with Crippen LogP contribution in [0.1, 0.15) is 20.8 Å². The van der Waals surface area contributed by atoms with Crippen LogP contribution >= 0.6 is 11.3 Å². The van der Waals surface area contributed by atoms with E-state index in [1.54, 1.807) is 0 Å². The molecule has 1 aromatic heterocycles. The van der Waals surface area contributed by atoms with Gasteiger partial charge >= 0.3 is 0 Å². The second kappa shape index (κ2) is 7.90. The van der Waals surface area contributed by atoms with Gasteiger partial charge in [-0.15, -0.1) is 11.3 Å². The van der Waals surface area contributed by atoms with E-state index in [9.17, 15) is 4.79 Å². The number of amides is 1. The predicted molar refractivity (Wildman–Crippen MR) is 98.2 cm³/mol. The van der Waals surface area contributed by atoms with E-state index in [0.717, 1.165) is 33.6 Å². The molecule has 0 fully saturated rings. The number of aliphatic hydroxyl groups excluding tert-OH is 1. The lowest BCUT2D eigenvalue weighted by Gasteiger charge is -2.07. The van der Waals surface area contributed by atoms with Gasteiger partial charge in [-0.25, -0.2) is 0 Å². The largest absolute Gasteiger partial charge is 0.392 e. The van der Waals surface area contributed by atoms with Gasteiger partial charge in [-0.1, -0.05) is 54.6 Å². The molecule has 2 N–H and O–H groups in total. The number of hydrogen-bond acceptors (Lipinski definition) is 3. The van der Waals surface area contributed by atoms with Crippen LogP contribution in [0.15, 0.2) is 66.0 Å². The number of hydrogen-bond donors (Lipinski definition) is 2. The molecule has 0 atom stereocenters. The van der Waals surface area contributed by atoms with E-state index in [0.29, 0.717) is 6.54 Å². The summed E-state index contributed by atoms with van der Waals surface area (Å²) in [6.07, 6.45) is 0.767. The van der Waals surface area contributed by atoms with Crippen molar-refractivity contribution in [3.8, 4) is 11.1 Å². The molecule has 3 aromatic rings. The topological polar surface area (TPSA) is 49.3 Å². The van der Waals surface area contributed by atoms with Gasteiger partial charge in [0.15, 0.2) is 0 Å². The molecule has 3 rings (SSSR count). The molecule has 0 aliphatic heterocycles. The van der Waals surface area contributed by atoms with E-state index >= 15 is 0 Å². The highest BCUT2D eigenvalue weighted by molar-refractivity contribution is 7.12. The second-order valence-corrected chi connectivity index (χ2v) is 6.43. The van der Waals surface area contributed by atoms with Gasteiger partial charge in [0.25, 0.3) is 5.91 Å². The van der Waals surface area contributed by atoms with Gasteiger partial charge in [-0.2, -0.15) is 0 Å². The van der Waals surface area contributed by atoms with Gasteiger partial charge in [0.05, 0.1) is 11.5 Å². The average Bonchev–Trinajstić information content (AvgIpc) is 3.13. The van der Waals surface area contributed by atoms with Crippen molar-refractivity contribution in [1.82, 2.24) is 5.32 Å². The summed E-state index contributed by atoms with van der Waals surface area (Å²) in [5.41, 5.74) is 4.07. The first-order valence-corrected chi connectivity index (χ1v) is 8.75. The van der Waals surface area contributed by atoms with Crippen molar-refractivity contribution >= 4 is 17.2 Å². The minimum Gasteiger partial charge on any atom is -0.392 e. The van der Waals surface area contributed by atoms with Crippen molar-refractivity contribution in [2.75, 3.05) is 6.54 Å². The maximum Gasteiger partial charge on any atom is 0.261 e. The molecule has 0 bridgehead atoms. The van der Waals surface area contributed by atoms with Crippen LogP contribution in [0, 0.1) is 0 Å². The Morgan fingerprint density at radius 2 is 1.67 bits per heavy atom. The van der Waals surface area contributed by atoms with Crippen molar-refractivity contribution in [1.29, 1.82) is 0 Å². The predicted octanol–water partition coefficient (Wildman–Crippen LogP) is 3.88. The fourth-order valence-corrected chi connectivity index (χ4v) is 3.37. The number of thiophene rings is 1. The first-order chi connectivity index (χ1) is 11.8. The Labute approximate surface area is 145 Å². The van der Waals surface area contributed by atoms with Crippen LogP contribution in [0.25, 0.3) is 11.1 Å². The summed E-state index contributed by atoms with van der Waals surface area (Å²) in [5, 5.41) is 14.0. The lowest BCUT2D eigenvalue weighted by molar-refractivity contribution is 0.0959. The minimum atomic E-state index is -0.0316. The summed E-state index contributed by atoms with van der Waals surface area (Å²) in [4.78, 5) is 13.2. The average molecular weight is 337 g/mol. The van der Waals surface area contributed by atoms with Crippen LogP contribution in [0.5, 0.6) is 0 Å². The van der Waals surface area contributed by atoms with Crippen LogP contribution in [-0.2, 0) is 13.0 Å². The number of benzene rings is 2. The molecule has 2 aromatic carbocycles. The molecule has 0 aliphatic carbocycles. The van der Waals surface area contributed by atoms with Crippen LogP contribution < -0.4 is 5.32 Å². The molecule has 0 aliphatic rings. The minimum absolute atomic E-state index is 0.0316. The molecular formula is C20H19NO2S. The van der Waals surface area contributed by atoms with E-state index in [1.165, 1.54) is 11.3 Å². The van der Waals surface area contributed by atoms with E-state index in [2.05, 4.69) is 5.32 Å². The summed E-state index contributed by atoms with van der Waals surface area (Å²) in [7, 11) is 0. The Morgan fingerprint density at radius 3 is 2.38 bits per heavy atom. The third-order valence-corrected chi connectivity index (χ3v) is 4.77. The Kier molecular flexibility index (Phi) is 5.41. The van der Waals surface area contributed by atoms with Crippen molar-refractivity contribution in [2.24, 2.45) is 0 Å². The van der Waals surface area contributed by atoms with Crippen LogP contribution in [0.2, 0.25) is 0 Å². The second-order valence-electron chi connectivity index (χ2n) is 5.51. The highest BCUT2D eigenvalue weighted by Crippen LogP contribution is 2.27. The molecule has 122 valence electrons. The fourth-order valence-electron chi connectivity index (χ4n) is 2.54. The number of carbonyl (C=O) groups is 1. The smallest absolute Gasteiger partial charge is 0.261 e. The van der Waals surface area contributed by atoms with Crippen LogP contribution in [0.4, 0.5) is 0 Å². The van der Waals surface area contributed by atoms with E-state index in [1.807, 2.05) is 66.0 Å². The van der Waals surface area contributed by atoms with Crippen molar-refractivity contribution < 1.29 is 9.90 Å². The molecular weight excluding hydrogens is 318 g/mol. The van der Waals surface area contributed by atoms with Gasteiger partial charge in [0.1, 0.15) is 0 Å². The zero-order valence-corrected chi connectivity index (χ0v) is 14.1. The highest BCUT2D eigenvalue weighted by atomic mass is 32.1. The molecule has 1 amide bonds. The fraction of sp³-hybridized carbons (Fsp3) is 0.150. The van der Waals surface area contributed by atoms with Gasteiger partial charge in [0.2, 0.25) is 0 Å². The molecule has 0 radical (unpaired) electrons. The highest BCUT2D eigenvalue weighted by Gasteiger charge is 2.13. The van der Waals surface area contributed by atoms with Gasteiger partial charge in [0, 0.05) is 12.1 Å². The lowest BCUT2D eigenvalue weighted by Crippen LogP contribution is -2.25. The maximum absolute atomic E-state index is 12.5. The van der Waals surface area contributed by atoms with E-state index in [4.69, 9.17) is 5.11 Å². The van der Waals surface area contributed by atoms with Crippen molar-refractivity contribution in [3.63, 3.8) is 0 Å². The molecule has 0 unspecified atom stereocenters. The summed E-state index contributed by atoms with van der Waals surface area (Å²) >= 11 is 1.46. The van der Waals surface area contributed by atoms with Gasteiger partial charge in [-0.3, -0.25) is 4.79 Å². The molecule has 0 spiro atoms. The number of rotatable bonds is 6. The number of aliphatic hydroxyl groups is 1. The molecule has 1 heterocycles. The Morgan fingerprint density at radius 1 is 0.958 bits per heavy atom. The molecule has 0 saturated heterocycles. The molecule has 24 heavy (non-hydrogen) atoms. The molecule has 3 nitrogen and oxygen atoms in total. The van der Waals surface area contributed by atoms with Crippen molar-refractivity contribution in [2.45, 2.75) is 13.0 Å². The van der Waals surface area contributed by atoms with E-state index in [-0.39, 0.29) is 12.5 Å². The zero-order chi connectivity index (χ0) is 16.8. The number of carbonyl (C=O) groups excluding carboxylic acids is 1. The monoisotopic (exact) mass is 337 g/mol. The Hall–Kier alpha value is -2.43.